The first-order valence-electron chi connectivity index (χ1n) is 5.52. The minimum atomic E-state index is -0.00199. The van der Waals surface area contributed by atoms with E-state index in [9.17, 15) is 4.79 Å². The lowest BCUT2D eigenvalue weighted by atomic mass is 10.3. The fraction of sp³-hybridized carbons (Fsp3) is 0.636. The van der Waals surface area contributed by atoms with Gasteiger partial charge >= 0.3 is 0 Å². The van der Waals surface area contributed by atoms with E-state index >= 15 is 0 Å². The molecule has 0 aliphatic rings. The van der Waals surface area contributed by atoms with E-state index in [0.29, 0.717) is 24.7 Å². The summed E-state index contributed by atoms with van der Waals surface area (Å²) in [5, 5.41) is 4.26. The third-order valence-electron chi connectivity index (χ3n) is 2.54. The fourth-order valence-electron chi connectivity index (χ4n) is 1.57. The Hall–Kier alpha value is -1.03. The molecule has 0 aliphatic heterocycles. The summed E-state index contributed by atoms with van der Waals surface area (Å²) in [5.74, 6) is 0.454. The second-order valence-corrected chi connectivity index (χ2v) is 3.95. The summed E-state index contributed by atoms with van der Waals surface area (Å²) >= 11 is 5.66. The molecule has 1 aromatic rings. The average Bonchev–Trinajstić information content (AvgIpc) is 2.66. The molecule has 1 aromatic heterocycles. The van der Waals surface area contributed by atoms with Crippen LogP contribution >= 0.6 is 11.6 Å². The molecule has 0 atom stereocenters. The fourth-order valence-corrected chi connectivity index (χ4v) is 1.77. The Morgan fingerprint density at radius 2 is 2.25 bits per heavy atom. The predicted molar refractivity (Wildman–Crippen MR) is 64.9 cm³/mol. The van der Waals surface area contributed by atoms with E-state index in [4.69, 9.17) is 11.6 Å². The molecule has 0 N–H and O–H groups in total. The van der Waals surface area contributed by atoms with Crippen molar-refractivity contribution in [1.82, 2.24) is 14.7 Å². The Morgan fingerprint density at radius 3 is 2.69 bits per heavy atom. The molecule has 0 aromatic carbocycles. The SMILES string of the molecule is CCc1cc(C(=O)N(CC)CCCl)n(C)n1. The Balaban J connectivity index is 2.89. The van der Waals surface area contributed by atoms with Gasteiger partial charge in [-0.1, -0.05) is 6.92 Å². The van der Waals surface area contributed by atoms with Crippen molar-refractivity contribution in [2.75, 3.05) is 19.0 Å². The normalized spacial score (nSPS) is 10.5. The first-order chi connectivity index (χ1) is 7.63. The lowest BCUT2D eigenvalue weighted by Gasteiger charge is -2.19. The average molecular weight is 244 g/mol. The van der Waals surface area contributed by atoms with Crippen molar-refractivity contribution in [3.63, 3.8) is 0 Å². The van der Waals surface area contributed by atoms with Crippen LogP contribution in [0.15, 0.2) is 6.07 Å². The van der Waals surface area contributed by atoms with Crippen LogP contribution in [0.25, 0.3) is 0 Å². The number of alkyl halides is 1. The van der Waals surface area contributed by atoms with Crippen LogP contribution in [0.1, 0.15) is 30.0 Å². The number of nitrogens with zero attached hydrogens (tertiary/aromatic N) is 3. The van der Waals surface area contributed by atoms with Crippen LogP contribution in [-0.4, -0.2) is 39.6 Å². The molecule has 16 heavy (non-hydrogen) atoms. The van der Waals surface area contributed by atoms with E-state index in [1.54, 1.807) is 16.6 Å². The molecular formula is C11H18ClN3O. The van der Waals surface area contributed by atoms with E-state index in [1.165, 1.54) is 0 Å². The summed E-state index contributed by atoms with van der Waals surface area (Å²) in [4.78, 5) is 13.8. The molecule has 0 saturated heterocycles. The maximum absolute atomic E-state index is 12.1. The molecule has 90 valence electrons. The van der Waals surface area contributed by atoms with Gasteiger partial charge in [0.25, 0.3) is 5.91 Å². The maximum atomic E-state index is 12.1. The van der Waals surface area contributed by atoms with Gasteiger partial charge in [-0.15, -0.1) is 11.6 Å². The van der Waals surface area contributed by atoms with Crippen molar-refractivity contribution in [2.24, 2.45) is 7.05 Å². The van der Waals surface area contributed by atoms with E-state index in [0.717, 1.165) is 12.1 Å². The number of aryl methyl sites for hydroxylation is 2. The van der Waals surface area contributed by atoms with Crippen LogP contribution in [0.4, 0.5) is 0 Å². The molecule has 0 radical (unpaired) electrons. The monoisotopic (exact) mass is 243 g/mol. The molecule has 0 fully saturated rings. The Bertz CT molecular complexity index is 362. The van der Waals surface area contributed by atoms with Crippen LogP contribution in [0.2, 0.25) is 0 Å². The van der Waals surface area contributed by atoms with Crippen molar-refractivity contribution >= 4 is 17.5 Å². The number of aromatic nitrogens is 2. The molecule has 5 heteroatoms. The molecule has 0 unspecified atom stereocenters. The van der Waals surface area contributed by atoms with Gasteiger partial charge in [-0.25, -0.2) is 0 Å². The summed E-state index contributed by atoms with van der Waals surface area (Å²) in [5.41, 5.74) is 1.57. The van der Waals surface area contributed by atoms with Gasteiger partial charge in [0.2, 0.25) is 0 Å². The molecule has 1 heterocycles. The van der Waals surface area contributed by atoms with E-state index < -0.39 is 0 Å². The van der Waals surface area contributed by atoms with Crippen LogP contribution in [0.5, 0.6) is 0 Å². The number of carbonyl (C=O) groups is 1. The Morgan fingerprint density at radius 1 is 1.56 bits per heavy atom. The molecule has 0 saturated carbocycles. The number of carbonyl (C=O) groups excluding carboxylic acids is 1. The maximum Gasteiger partial charge on any atom is 0.272 e. The van der Waals surface area contributed by atoms with E-state index in [1.807, 2.05) is 19.9 Å². The van der Waals surface area contributed by atoms with Gasteiger partial charge in [0.05, 0.1) is 5.69 Å². The van der Waals surface area contributed by atoms with Crippen LogP contribution in [0, 0.1) is 0 Å². The first-order valence-corrected chi connectivity index (χ1v) is 6.05. The Kier molecular flexibility index (Phi) is 4.80. The Labute approximate surface area is 101 Å². The molecule has 1 rings (SSSR count). The minimum absolute atomic E-state index is 0.00199. The lowest BCUT2D eigenvalue weighted by molar-refractivity contribution is 0.0763. The predicted octanol–water partition coefficient (Wildman–Crippen LogP) is 1.68. The number of rotatable bonds is 5. The number of amides is 1. The zero-order chi connectivity index (χ0) is 12.1. The van der Waals surface area contributed by atoms with Gasteiger partial charge in [-0.05, 0) is 19.4 Å². The van der Waals surface area contributed by atoms with Crippen LogP contribution < -0.4 is 0 Å². The number of halogens is 1. The summed E-state index contributed by atoms with van der Waals surface area (Å²) < 4.78 is 1.64. The zero-order valence-corrected chi connectivity index (χ0v) is 10.8. The minimum Gasteiger partial charge on any atom is -0.336 e. The second kappa shape index (κ2) is 5.89. The lowest BCUT2D eigenvalue weighted by Crippen LogP contribution is -2.33. The highest BCUT2D eigenvalue weighted by Crippen LogP contribution is 2.07. The second-order valence-electron chi connectivity index (χ2n) is 3.57. The molecule has 0 aliphatic carbocycles. The van der Waals surface area contributed by atoms with E-state index in [-0.39, 0.29) is 5.91 Å². The molecule has 4 nitrogen and oxygen atoms in total. The summed E-state index contributed by atoms with van der Waals surface area (Å²) in [6, 6.07) is 1.85. The smallest absolute Gasteiger partial charge is 0.272 e. The highest BCUT2D eigenvalue weighted by atomic mass is 35.5. The first kappa shape index (κ1) is 13.0. The van der Waals surface area contributed by atoms with Crippen LogP contribution in [-0.2, 0) is 13.5 Å². The largest absolute Gasteiger partial charge is 0.336 e. The van der Waals surface area contributed by atoms with E-state index in [2.05, 4.69) is 5.10 Å². The standard InChI is InChI=1S/C11H18ClN3O/c1-4-9-8-10(14(3)13-9)11(16)15(5-2)7-6-12/h8H,4-7H2,1-3H3. The van der Waals surface area contributed by atoms with Crippen LogP contribution in [0.3, 0.4) is 0 Å². The molecular weight excluding hydrogens is 226 g/mol. The van der Waals surface area contributed by atoms with Crippen molar-refractivity contribution in [1.29, 1.82) is 0 Å². The van der Waals surface area contributed by atoms with Gasteiger partial charge in [-0.2, -0.15) is 5.10 Å². The quantitative estimate of drug-likeness (QED) is 0.738. The van der Waals surface area contributed by atoms with Gasteiger partial charge < -0.3 is 4.90 Å². The highest BCUT2D eigenvalue weighted by molar-refractivity contribution is 6.18. The molecule has 1 amide bonds. The van der Waals surface area contributed by atoms with Crippen molar-refractivity contribution in [3.05, 3.63) is 17.5 Å². The summed E-state index contributed by atoms with van der Waals surface area (Å²) in [7, 11) is 1.79. The molecule has 0 spiro atoms. The van der Waals surface area contributed by atoms with Crippen molar-refractivity contribution < 1.29 is 4.79 Å². The van der Waals surface area contributed by atoms with Gasteiger partial charge in [0.1, 0.15) is 5.69 Å². The zero-order valence-electron chi connectivity index (χ0n) is 10.0. The number of hydrogen-bond acceptors (Lipinski definition) is 2. The van der Waals surface area contributed by atoms with Crippen molar-refractivity contribution in [3.8, 4) is 0 Å². The van der Waals surface area contributed by atoms with Crippen molar-refractivity contribution in [2.45, 2.75) is 20.3 Å². The third kappa shape index (κ3) is 2.76. The summed E-state index contributed by atoms with van der Waals surface area (Å²) in [6.07, 6.45) is 0.836. The highest BCUT2D eigenvalue weighted by Gasteiger charge is 2.18. The summed E-state index contributed by atoms with van der Waals surface area (Å²) in [6.45, 7) is 5.20. The number of hydrogen-bond donors (Lipinski definition) is 0. The topological polar surface area (TPSA) is 38.1 Å². The molecule has 0 bridgehead atoms. The van der Waals surface area contributed by atoms with Gasteiger partial charge in [0, 0.05) is 26.0 Å². The van der Waals surface area contributed by atoms with Gasteiger partial charge in [0.15, 0.2) is 0 Å². The third-order valence-corrected chi connectivity index (χ3v) is 2.70. The van der Waals surface area contributed by atoms with Gasteiger partial charge in [-0.3, -0.25) is 9.48 Å².